The number of alkyl halides is 2. The van der Waals surface area contributed by atoms with Crippen molar-refractivity contribution >= 4 is 6.03 Å². The summed E-state index contributed by atoms with van der Waals surface area (Å²) in [6.45, 7) is 2.00. The maximum Gasteiger partial charge on any atom is 0.317 e. The summed E-state index contributed by atoms with van der Waals surface area (Å²) < 4.78 is 47.2. The molecule has 1 saturated carbocycles. The first-order valence-corrected chi connectivity index (χ1v) is 13.7. The van der Waals surface area contributed by atoms with E-state index in [0.29, 0.717) is 71.2 Å². The molecule has 3 atom stereocenters. The fourth-order valence-electron chi connectivity index (χ4n) is 6.01. The molecule has 1 aromatic rings. The molecule has 1 saturated heterocycles. The number of aliphatic hydroxyl groups is 1. The van der Waals surface area contributed by atoms with Gasteiger partial charge in [-0.25, -0.2) is 18.0 Å². The molecular formula is C28H44F3N3O3. The maximum atomic E-state index is 14.9. The van der Waals surface area contributed by atoms with Crippen LogP contribution in [0, 0.1) is 17.7 Å². The largest absolute Gasteiger partial charge is 0.385 e. The van der Waals surface area contributed by atoms with Crippen LogP contribution in [0.5, 0.6) is 0 Å². The number of hydrogen-bond donors (Lipinski definition) is 3. The van der Waals surface area contributed by atoms with Crippen LogP contribution in [-0.2, 0) is 10.3 Å². The number of rotatable bonds is 12. The maximum absolute atomic E-state index is 14.9. The van der Waals surface area contributed by atoms with Crippen LogP contribution < -0.4 is 10.6 Å². The minimum absolute atomic E-state index is 0.0926. The lowest BCUT2D eigenvalue weighted by atomic mass is 9.74. The molecule has 1 aromatic carbocycles. The number of ether oxygens (including phenoxy) is 1. The van der Waals surface area contributed by atoms with Crippen molar-refractivity contribution in [3.8, 4) is 0 Å². The Morgan fingerprint density at radius 2 is 1.97 bits per heavy atom. The van der Waals surface area contributed by atoms with Crippen LogP contribution in [0.25, 0.3) is 0 Å². The molecule has 3 N–H and O–H groups in total. The summed E-state index contributed by atoms with van der Waals surface area (Å²) in [5.41, 5.74) is -1.11. The predicted octanol–water partition coefficient (Wildman–Crippen LogP) is 5.06. The molecule has 2 aliphatic rings. The van der Waals surface area contributed by atoms with Crippen molar-refractivity contribution in [2.45, 2.75) is 81.8 Å². The van der Waals surface area contributed by atoms with E-state index in [0.717, 1.165) is 6.42 Å². The molecule has 0 bridgehead atoms. The Morgan fingerprint density at radius 1 is 1.24 bits per heavy atom. The highest BCUT2D eigenvalue weighted by Crippen LogP contribution is 2.41. The molecule has 9 heteroatoms. The number of carbonyl (C=O) groups excluding carboxylic acids is 1. The summed E-state index contributed by atoms with van der Waals surface area (Å²) in [7, 11) is 3.44. The molecule has 1 unspecified atom stereocenters. The van der Waals surface area contributed by atoms with Gasteiger partial charge in [-0.05, 0) is 70.4 Å². The second-order valence-corrected chi connectivity index (χ2v) is 10.9. The standard InChI is InChI=1S/C28H44F3N3O3/c1-32-19-23(18-21-11-14-27(30,31)15-12-21)33-26(35)34-16-7-8-22(20-34)28(36,13-5-6-17-37-2)24-9-3-4-10-25(24)29/h3-4,9-10,21-23,32,36H,5-8,11-20H2,1-2H3,(H,33,35)/t22-,23?,28+/m1/s1. The number of nitrogens with one attached hydrogen (secondary N) is 2. The summed E-state index contributed by atoms with van der Waals surface area (Å²) in [6.07, 6.45) is 4.60. The second-order valence-electron chi connectivity index (χ2n) is 10.9. The summed E-state index contributed by atoms with van der Waals surface area (Å²) in [4.78, 5) is 15.0. The van der Waals surface area contributed by atoms with Gasteiger partial charge in [0.15, 0.2) is 0 Å². The van der Waals surface area contributed by atoms with Gasteiger partial charge in [0.1, 0.15) is 5.82 Å². The van der Waals surface area contributed by atoms with Gasteiger partial charge < -0.3 is 25.4 Å². The van der Waals surface area contributed by atoms with Crippen molar-refractivity contribution in [3.63, 3.8) is 0 Å². The summed E-state index contributed by atoms with van der Waals surface area (Å²) in [5, 5.41) is 18.1. The average molecular weight is 528 g/mol. The van der Waals surface area contributed by atoms with Gasteiger partial charge in [-0.3, -0.25) is 0 Å². The van der Waals surface area contributed by atoms with E-state index in [4.69, 9.17) is 4.74 Å². The highest BCUT2D eigenvalue weighted by molar-refractivity contribution is 5.74. The molecule has 0 radical (unpaired) electrons. The number of amides is 2. The molecule has 1 heterocycles. The van der Waals surface area contributed by atoms with Crippen LogP contribution in [0.15, 0.2) is 24.3 Å². The minimum Gasteiger partial charge on any atom is -0.385 e. The van der Waals surface area contributed by atoms with E-state index in [2.05, 4.69) is 10.6 Å². The smallest absolute Gasteiger partial charge is 0.317 e. The molecule has 2 fully saturated rings. The first kappa shape index (κ1) is 29.7. The normalized spacial score (nSPS) is 22.9. The van der Waals surface area contributed by atoms with Crippen molar-refractivity contribution < 1.29 is 27.8 Å². The van der Waals surface area contributed by atoms with Gasteiger partial charge in [-0.15, -0.1) is 0 Å². The van der Waals surface area contributed by atoms with Crippen LogP contribution in [0.3, 0.4) is 0 Å². The minimum atomic E-state index is -2.57. The predicted molar refractivity (Wildman–Crippen MR) is 138 cm³/mol. The number of nitrogens with zero attached hydrogens (tertiary/aromatic N) is 1. The monoisotopic (exact) mass is 527 g/mol. The Morgan fingerprint density at radius 3 is 2.65 bits per heavy atom. The van der Waals surface area contributed by atoms with E-state index in [9.17, 15) is 23.1 Å². The highest BCUT2D eigenvalue weighted by atomic mass is 19.3. The van der Waals surface area contributed by atoms with E-state index in [1.165, 1.54) is 6.07 Å². The molecule has 37 heavy (non-hydrogen) atoms. The Labute approximate surface area is 219 Å². The van der Waals surface area contributed by atoms with Crippen molar-refractivity contribution in [1.29, 1.82) is 0 Å². The Balaban J connectivity index is 1.67. The summed E-state index contributed by atoms with van der Waals surface area (Å²) in [5.74, 6) is -3.16. The number of benzene rings is 1. The summed E-state index contributed by atoms with van der Waals surface area (Å²) in [6, 6.07) is 5.96. The number of urea groups is 1. The SMILES string of the molecule is CNCC(CC1CCC(F)(F)CC1)NC(=O)N1CCC[C@@H]([C@@](O)(CCCCOC)c2ccccc2F)C1. The second kappa shape index (κ2) is 13.8. The van der Waals surface area contributed by atoms with Gasteiger partial charge in [0.25, 0.3) is 0 Å². The van der Waals surface area contributed by atoms with Crippen LogP contribution in [0.1, 0.15) is 69.8 Å². The van der Waals surface area contributed by atoms with Gasteiger partial charge in [-0.2, -0.15) is 0 Å². The molecule has 0 aromatic heterocycles. The van der Waals surface area contributed by atoms with Crippen LogP contribution >= 0.6 is 0 Å². The highest BCUT2D eigenvalue weighted by Gasteiger charge is 2.43. The number of unbranched alkanes of at least 4 members (excludes halogenated alkanes) is 1. The number of likely N-dealkylation sites (N-methyl/N-ethyl adjacent to an activating group) is 1. The van der Waals surface area contributed by atoms with Crippen LogP contribution in [-0.4, -0.2) is 68.4 Å². The number of piperidine rings is 1. The Bertz CT molecular complexity index is 849. The number of carbonyl (C=O) groups is 1. The Kier molecular flexibility index (Phi) is 11.1. The number of hydrogen-bond acceptors (Lipinski definition) is 4. The molecule has 0 spiro atoms. The van der Waals surface area contributed by atoms with Crippen LogP contribution in [0.2, 0.25) is 0 Å². The molecule has 1 aliphatic heterocycles. The third-order valence-electron chi connectivity index (χ3n) is 8.11. The first-order chi connectivity index (χ1) is 17.7. The van der Waals surface area contributed by atoms with Gasteiger partial charge in [0, 0.05) is 63.7 Å². The number of likely N-dealkylation sites (tertiary alicyclic amines) is 1. The van der Waals surface area contributed by atoms with E-state index in [1.54, 1.807) is 30.2 Å². The van der Waals surface area contributed by atoms with Gasteiger partial charge in [-0.1, -0.05) is 18.2 Å². The lowest BCUT2D eigenvalue weighted by molar-refractivity contribution is -0.0590. The zero-order valence-electron chi connectivity index (χ0n) is 22.3. The third kappa shape index (κ3) is 8.32. The van der Waals surface area contributed by atoms with Gasteiger partial charge >= 0.3 is 6.03 Å². The Hall–Kier alpha value is -1.84. The van der Waals surface area contributed by atoms with Crippen molar-refractivity contribution in [2.24, 2.45) is 11.8 Å². The fraction of sp³-hybridized carbons (Fsp3) is 0.750. The molecule has 2 amide bonds. The molecule has 3 rings (SSSR count). The van der Waals surface area contributed by atoms with Gasteiger partial charge in [0.05, 0.1) is 5.60 Å². The first-order valence-electron chi connectivity index (χ1n) is 13.7. The zero-order valence-corrected chi connectivity index (χ0v) is 22.3. The third-order valence-corrected chi connectivity index (χ3v) is 8.11. The fourth-order valence-corrected chi connectivity index (χ4v) is 6.01. The van der Waals surface area contributed by atoms with Crippen LogP contribution in [0.4, 0.5) is 18.0 Å². The van der Waals surface area contributed by atoms with Gasteiger partial charge in [0.2, 0.25) is 5.92 Å². The lowest BCUT2D eigenvalue weighted by Gasteiger charge is -2.43. The quantitative estimate of drug-likeness (QED) is 0.333. The molecule has 210 valence electrons. The number of methoxy groups -OCH3 is 1. The van der Waals surface area contributed by atoms with E-state index >= 15 is 0 Å². The zero-order chi connectivity index (χ0) is 26.9. The lowest BCUT2D eigenvalue weighted by Crippen LogP contribution is -2.54. The number of halogens is 3. The molecule has 1 aliphatic carbocycles. The van der Waals surface area contributed by atoms with Crippen molar-refractivity contribution in [2.75, 3.05) is 40.4 Å². The topological polar surface area (TPSA) is 73.8 Å². The van der Waals surface area contributed by atoms with Crippen molar-refractivity contribution in [1.82, 2.24) is 15.5 Å². The van der Waals surface area contributed by atoms with E-state index in [1.807, 2.05) is 7.05 Å². The summed E-state index contributed by atoms with van der Waals surface area (Å²) >= 11 is 0. The average Bonchev–Trinajstić information content (AvgIpc) is 2.88. The van der Waals surface area contributed by atoms with E-state index in [-0.39, 0.29) is 42.3 Å². The van der Waals surface area contributed by atoms with Crippen molar-refractivity contribution in [3.05, 3.63) is 35.6 Å². The van der Waals surface area contributed by atoms with E-state index < -0.39 is 17.3 Å². The molecule has 6 nitrogen and oxygen atoms in total. The molecular weight excluding hydrogens is 483 g/mol.